The van der Waals surface area contributed by atoms with E-state index in [1.807, 2.05) is 4.90 Å². The Hall–Kier alpha value is -1.70. The van der Waals surface area contributed by atoms with E-state index in [1.54, 1.807) is 0 Å². The number of hydrogen-bond donors (Lipinski definition) is 0. The van der Waals surface area contributed by atoms with E-state index in [-0.39, 0.29) is 5.92 Å². The minimum absolute atomic E-state index is 0.146. The van der Waals surface area contributed by atoms with Gasteiger partial charge >= 0.3 is 17.8 Å². The molecule has 3 atom stereocenters. The van der Waals surface area contributed by atoms with E-state index < -0.39 is 17.8 Å². The molecule has 2 bridgehead atoms. The molecular formula is C13H12N4O4S2. The van der Waals surface area contributed by atoms with Crippen LogP contribution in [0, 0.1) is 17.2 Å². The lowest BCUT2D eigenvalue weighted by atomic mass is 9.88. The first kappa shape index (κ1) is 14.9. The van der Waals surface area contributed by atoms with E-state index in [0.717, 1.165) is 28.9 Å². The molecule has 3 aliphatic rings. The molecule has 8 nitrogen and oxygen atoms in total. The molecule has 0 N–H and O–H groups in total. The Labute approximate surface area is 140 Å². The number of piperidine rings is 1. The number of rotatable bonds is 3. The second-order valence-electron chi connectivity index (χ2n) is 5.70. The van der Waals surface area contributed by atoms with Gasteiger partial charge in [-0.3, -0.25) is 0 Å². The van der Waals surface area contributed by atoms with Gasteiger partial charge in [0.2, 0.25) is 0 Å². The van der Waals surface area contributed by atoms with Crippen molar-refractivity contribution < 1.29 is 19.1 Å². The van der Waals surface area contributed by atoms with Gasteiger partial charge in [0.05, 0.1) is 29.2 Å². The summed E-state index contributed by atoms with van der Waals surface area (Å²) in [6, 6.07) is 2.09. The summed E-state index contributed by atoms with van der Waals surface area (Å²) < 4.78 is 19.1. The Balaban J connectivity index is 1.57. The van der Waals surface area contributed by atoms with E-state index in [9.17, 15) is 9.59 Å². The van der Waals surface area contributed by atoms with E-state index in [2.05, 4.69) is 14.8 Å². The zero-order valence-electron chi connectivity index (χ0n) is 11.9. The second kappa shape index (κ2) is 5.43. The van der Waals surface area contributed by atoms with Crippen LogP contribution >= 0.6 is 23.5 Å². The zero-order valence-corrected chi connectivity index (χ0v) is 13.6. The van der Waals surface area contributed by atoms with Crippen molar-refractivity contribution in [2.45, 2.75) is 29.7 Å². The molecule has 10 heteroatoms. The van der Waals surface area contributed by atoms with Gasteiger partial charge in [-0.1, -0.05) is 11.8 Å². The van der Waals surface area contributed by atoms with Gasteiger partial charge in [0.15, 0.2) is 0 Å². The predicted octanol–water partition coefficient (Wildman–Crippen LogP) is 0.717. The molecule has 4 rings (SSSR count). The van der Waals surface area contributed by atoms with Crippen molar-refractivity contribution in [2.75, 3.05) is 18.8 Å². The highest BCUT2D eigenvalue weighted by Crippen LogP contribution is 2.48. The van der Waals surface area contributed by atoms with Gasteiger partial charge in [0.1, 0.15) is 5.03 Å². The molecule has 3 unspecified atom stereocenters. The van der Waals surface area contributed by atoms with Crippen LogP contribution in [0.15, 0.2) is 5.03 Å². The highest BCUT2D eigenvalue weighted by atomic mass is 32.2. The quantitative estimate of drug-likeness (QED) is 0.442. The summed E-state index contributed by atoms with van der Waals surface area (Å²) in [5.41, 5.74) is 0.899. The molecule has 1 aromatic heterocycles. The predicted molar refractivity (Wildman–Crippen MR) is 78.2 cm³/mol. The van der Waals surface area contributed by atoms with Gasteiger partial charge in [-0.25, -0.2) is 14.5 Å². The molecule has 0 radical (unpaired) electrons. The first-order valence-corrected chi connectivity index (χ1v) is 8.88. The fourth-order valence-electron chi connectivity index (χ4n) is 3.52. The third-order valence-corrected chi connectivity index (χ3v) is 6.04. The Bertz CT molecular complexity index is 699. The molecule has 0 aliphatic carbocycles. The third-order valence-electron chi connectivity index (χ3n) is 4.53. The first-order valence-electron chi connectivity index (χ1n) is 7.16. The number of carbonyl (C=O) groups is 2. The van der Waals surface area contributed by atoms with Crippen LogP contribution in [0.4, 0.5) is 0 Å². The van der Waals surface area contributed by atoms with Crippen LogP contribution in [-0.2, 0) is 19.1 Å². The van der Waals surface area contributed by atoms with Crippen LogP contribution in [0.1, 0.15) is 24.5 Å². The molecule has 3 fully saturated rings. The van der Waals surface area contributed by atoms with Crippen molar-refractivity contribution in [3.8, 4) is 6.07 Å². The van der Waals surface area contributed by atoms with Crippen LogP contribution in [0.2, 0.25) is 0 Å². The van der Waals surface area contributed by atoms with Crippen LogP contribution in [0.25, 0.3) is 0 Å². The average molecular weight is 352 g/mol. The van der Waals surface area contributed by atoms with Crippen molar-refractivity contribution in [3.05, 3.63) is 5.69 Å². The van der Waals surface area contributed by atoms with Crippen molar-refractivity contribution in [1.82, 2.24) is 13.6 Å². The maximum absolute atomic E-state index is 11.4. The summed E-state index contributed by atoms with van der Waals surface area (Å²) >= 11 is 2.53. The normalized spacial score (nSPS) is 31.0. The van der Waals surface area contributed by atoms with Crippen LogP contribution < -0.4 is 0 Å². The Kier molecular flexibility index (Phi) is 3.51. The maximum atomic E-state index is 11.4. The second-order valence-corrected chi connectivity index (χ2v) is 7.20. The highest BCUT2D eigenvalue weighted by Gasteiger charge is 2.59. The Morgan fingerprint density at radius 2 is 2.13 bits per heavy atom. The SMILES string of the molecule is N#CCSc1nsnc1C1CN2CC1CCC21OC(=O)C(=O)O1. The minimum atomic E-state index is -1.23. The Morgan fingerprint density at radius 1 is 1.35 bits per heavy atom. The minimum Gasteiger partial charge on any atom is -0.400 e. The molecule has 0 saturated carbocycles. The number of carbonyl (C=O) groups excluding carboxylic acids is 2. The van der Waals surface area contributed by atoms with Crippen LogP contribution in [-0.4, -0.2) is 50.3 Å². The number of nitrogens with zero attached hydrogens (tertiary/aromatic N) is 4. The summed E-state index contributed by atoms with van der Waals surface area (Å²) in [4.78, 5) is 24.8. The van der Waals surface area contributed by atoms with Gasteiger partial charge in [0.25, 0.3) is 0 Å². The lowest BCUT2D eigenvalue weighted by Gasteiger charge is -2.37. The summed E-state index contributed by atoms with van der Waals surface area (Å²) in [6.07, 6.45) is 1.26. The highest BCUT2D eigenvalue weighted by molar-refractivity contribution is 7.99. The fourth-order valence-corrected chi connectivity index (χ4v) is 4.95. The molecular weight excluding hydrogens is 340 g/mol. The fraction of sp³-hybridized carbons (Fsp3) is 0.615. The summed E-state index contributed by atoms with van der Waals surface area (Å²) in [5, 5.41) is 9.54. The van der Waals surface area contributed by atoms with Crippen molar-refractivity contribution in [1.29, 1.82) is 5.26 Å². The zero-order chi connectivity index (χ0) is 16.0. The standard InChI is InChI=1S/C13H12N4O4S2/c14-3-4-22-10-9(15-23-16-10)8-6-17-5-7(8)1-2-13(17)20-11(18)12(19)21-13/h7-8H,1-2,4-6H2. The number of fused-ring (bicyclic) bond motifs is 3. The maximum Gasteiger partial charge on any atom is 0.421 e. The van der Waals surface area contributed by atoms with Crippen LogP contribution in [0.5, 0.6) is 0 Å². The molecule has 0 amide bonds. The number of aromatic nitrogens is 2. The number of hydrogen-bond acceptors (Lipinski definition) is 10. The smallest absolute Gasteiger partial charge is 0.400 e. The molecule has 3 aliphatic heterocycles. The lowest BCUT2D eigenvalue weighted by Crippen LogP contribution is -2.51. The van der Waals surface area contributed by atoms with E-state index in [1.165, 1.54) is 11.8 Å². The summed E-state index contributed by atoms with van der Waals surface area (Å²) in [5.74, 6) is -2.25. The topological polar surface area (TPSA) is 105 Å². The van der Waals surface area contributed by atoms with E-state index >= 15 is 0 Å². The van der Waals surface area contributed by atoms with Gasteiger partial charge < -0.3 is 9.47 Å². The molecule has 3 saturated heterocycles. The van der Waals surface area contributed by atoms with Gasteiger partial charge in [-0.15, -0.1) is 0 Å². The van der Waals surface area contributed by atoms with Crippen LogP contribution in [0.3, 0.4) is 0 Å². The number of esters is 2. The number of ether oxygens (including phenoxy) is 2. The number of thioether (sulfide) groups is 1. The van der Waals surface area contributed by atoms with E-state index in [0.29, 0.717) is 31.2 Å². The van der Waals surface area contributed by atoms with Gasteiger partial charge in [0, 0.05) is 25.4 Å². The van der Waals surface area contributed by atoms with Gasteiger partial charge in [-0.2, -0.15) is 14.0 Å². The first-order chi connectivity index (χ1) is 11.1. The van der Waals surface area contributed by atoms with Crippen molar-refractivity contribution in [3.63, 3.8) is 0 Å². The summed E-state index contributed by atoms with van der Waals surface area (Å²) in [6.45, 7) is 1.28. The van der Waals surface area contributed by atoms with Crippen molar-refractivity contribution in [2.24, 2.45) is 5.92 Å². The summed E-state index contributed by atoms with van der Waals surface area (Å²) in [7, 11) is 0. The Morgan fingerprint density at radius 3 is 2.87 bits per heavy atom. The van der Waals surface area contributed by atoms with E-state index in [4.69, 9.17) is 14.7 Å². The molecule has 4 heterocycles. The average Bonchev–Trinajstić information content (AvgIpc) is 3.20. The largest absolute Gasteiger partial charge is 0.421 e. The molecule has 0 aromatic carbocycles. The molecule has 23 heavy (non-hydrogen) atoms. The number of nitriles is 1. The van der Waals surface area contributed by atoms with Crippen molar-refractivity contribution >= 4 is 35.4 Å². The molecule has 1 spiro atoms. The third kappa shape index (κ3) is 2.31. The molecule has 1 aromatic rings. The monoisotopic (exact) mass is 352 g/mol. The van der Waals surface area contributed by atoms with Gasteiger partial charge in [-0.05, 0) is 12.3 Å². The molecule has 120 valence electrons. The lowest BCUT2D eigenvalue weighted by molar-refractivity contribution is -0.257.